The van der Waals surface area contributed by atoms with Crippen LogP contribution in [0.25, 0.3) is 0 Å². The summed E-state index contributed by atoms with van der Waals surface area (Å²) in [6, 6.07) is 10.9. The van der Waals surface area contributed by atoms with Crippen molar-refractivity contribution in [1.82, 2.24) is 5.32 Å². The Balaban J connectivity index is 2.08. The number of phenolic OH excluding ortho intramolecular Hbond substituents is 2. The van der Waals surface area contributed by atoms with E-state index < -0.39 is 5.91 Å². The average molecular weight is 258 g/mol. The molecule has 2 aromatic carbocycles. The smallest absolute Gasteiger partial charge is 0.251 e. The Labute approximate surface area is 110 Å². The van der Waals surface area contributed by atoms with Crippen LogP contribution in [-0.2, 0) is 6.54 Å². The maximum Gasteiger partial charge on any atom is 0.251 e. The summed E-state index contributed by atoms with van der Waals surface area (Å²) in [5, 5.41) is 21.3. The second-order valence-corrected chi connectivity index (χ2v) is 4.12. The number of anilines is 1. The molecule has 2 aromatic rings. The average Bonchev–Trinajstić information content (AvgIpc) is 2.36. The number of amides is 1. The highest BCUT2D eigenvalue weighted by atomic mass is 16.3. The van der Waals surface area contributed by atoms with Crippen LogP contribution >= 0.6 is 0 Å². The van der Waals surface area contributed by atoms with E-state index in [9.17, 15) is 15.0 Å². The number of hydrogen-bond acceptors (Lipinski definition) is 4. The first kappa shape index (κ1) is 12.8. The van der Waals surface area contributed by atoms with E-state index >= 15 is 0 Å². The lowest BCUT2D eigenvalue weighted by Crippen LogP contribution is -2.23. The van der Waals surface area contributed by atoms with Crippen molar-refractivity contribution in [3.63, 3.8) is 0 Å². The lowest BCUT2D eigenvalue weighted by Gasteiger charge is -2.08. The highest BCUT2D eigenvalue weighted by Crippen LogP contribution is 2.20. The molecule has 5 nitrogen and oxygen atoms in total. The molecule has 5 N–H and O–H groups in total. The molecule has 0 aromatic heterocycles. The van der Waals surface area contributed by atoms with E-state index in [0.29, 0.717) is 5.69 Å². The highest BCUT2D eigenvalue weighted by molar-refractivity contribution is 5.95. The summed E-state index contributed by atoms with van der Waals surface area (Å²) in [6.45, 7) is 0.280. The zero-order valence-corrected chi connectivity index (χ0v) is 10.1. The molecule has 0 saturated carbocycles. The Kier molecular flexibility index (Phi) is 3.56. The Bertz CT molecular complexity index is 591. The van der Waals surface area contributed by atoms with Crippen molar-refractivity contribution in [2.24, 2.45) is 0 Å². The van der Waals surface area contributed by atoms with Crippen molar-refractivity contribution in [2.45, 2.75) is 6.54 Å². The molecule has 0 aliphatic heterocycles. The quantitative estimate of drug-likeness (QED) is 0.629. The minimum Gasteiger partial charge on any atom is -0.508 e. The first-order valence-electron chi connectivity index (χ1n) is 5.71. The van der Waals surface area contributed by atoms with Gasteiger partial charge in [-0.3, -0.25) is 4.79 Å². The van der Waals surface area contributed by atoms with Crippen LogP contribution in [0.5, 0.6) is 11.5 Å². The molecule has 1 amide bonds. The minimum atomic E-state index is -0.394. The van der Waals surface area contributed by atoms with Crippen molar-refractivity contribution in [3.05, 3.63) is 53.6 Å². The van der Waals surface area contributed by atoms with Gasteiger partial charge in [0, 0.05) is 23.9 Å². The standard InChI is InChI=1S/C14H14N2O3/c15-13-4-2-1-3-9(13)8-16-14(19)10-5-11(17)7-12(18)6-10/h1-7,17-18H,8,15H2,(H,16,19). The molecule has 98 valence electrons. The molecule has 0 unspecified atom stereocenters. The van der Waals surface area contributed by atoms with Gasteiger partial charge in [0.15, 0.2) is 0 Å². The summed E-state index contributed by atoms with van der Waals surface area (Å²) in [4.78, 5) is 11.9. The van der Waals surface area contributed by atoms with Gasteiger partial charge in [-0.2, -0.15) is 0 Å². The van der Waals surface area contributed by atoms with Crippen molar-refractivity contribution in [3.8, 4) is 11.5 Å². The third kappa shape index (κ3) is 3.16. The van der Waals surface area contributed by atoms with E-state index in [1.54, 1.807) is 6.07 Å². The Morgan fingerprint density at radius 1 is 1.11 bits per heavy atom. The van der Waals surface area contributed by atoms with Crippen molar-refractivity contribution < 1.29 is 15.0 Å². The van der Waals surface area contributed by atoms with Gasteiger partial charge in [0.2, 0.25) is 0 Å². The number of nitrogen functional groups attached to an aromatic ring is 1. The summed E-state index contributed by atoms with van der Waals surface area (Å²) in [5.41, 5.74) is 7.35. The van der Waals surface area contributed by atoms with Gasteiger partial charge >= 0.3 is 0 Å². The summed E-state index contributed by atoms with van der Waals surface area (Å²) >= 11 is 0. The van der Waals surface area contributed by atoms with E-state index in [1.165, 1.54) is 12.1 Å². The summed E-state index contributed by atoms with van der Waals surface area (Å²) in [7, 11) is 0. The van der Waals surface area contributed by atoms with Crippen LogP contribution in [0, 0.1) is 0 Å². The second kappa shape index (κ2) is 5.30. The van der Waals surface area contributed by atoms with E-state index in [2.05, 4.69) is 5.32 Å². The lowest BCUT2D eigenvalue weighted by atomic mass is 10.1. The summed E-state index contributed by atoms with van der Waals surface area (Å²) in [5.74, 6) is -0.719. The van der Waals surface area contributed by atoms with E-state index in [4.69, 9.17) is 5.73 Å². The minimum absolute atomic E-state index is 0.163. The van der Waals surface area contributed by atoms with Gasteiger partial charge in [-0.25, -0.2) is 0 Å². The van der Waals surface area contributed by atoms with E-state index in [-0.39, 0.29) is 23.6 Å². The van der Waals surface area contributed by atoms with Gasteiger partial charge in [0.05, 0.1) is 0 Å². The van der Waals surface area contributed by atoms with E-state index in [0.717, 1.165) is 11.6 Å². The van der Waals surface area contributed by atoms with Crippen LogP contribution in [0.3, 0.4) is 0 Å². The third-order valence-electron chi connectivity index (χ3n) is 2.66. The van der Waals surface area contributed by atoms with Crippen molar-refractivity contribution in [1.29, 1.82) is 0 Å². The van der Waals surface area contributed by atoms with Gasteiger partial charge in [-0.05, 0) is 23.8 Å². The predicted octanol–water partition coefficient (Wildman–Crippen LogP) is 1.61. The number of carbonyl (C=O) groups excluding carboxylic acids is 1. The maximum absolute atomic E-state index is 11.9. The van der Waals surface area contributed by atoms with Gasteiger partial charge < -0.3 is 21.3 Å². The normalized spacial score (nSPS) is 10.1. The Morgan fingerprint density at radius 3 is 2.37 bits per heavy atom. The van der Waals surface area contributed by atoms with Gasteiger partial charge in [-0.15, -0.1) is 0 Å². The van der Waals surface area contributed by atoms with Crippen LogP contribution in [0.15, 0.2) is 42.5 Å². The number of nitrogens with one attached hydrogen (secondary N) is 1. The van der Waals surface area contributed by atoms with Crippen molar-refractivity contribution >= 4 is 11.6 Å². The summed E-state index contributed by atoms with van der Waals surface area (Å²) in [6.07, 6.45) is 0. The van der Waals surface area contributed by atoms with Crippen LogP contribution in [-0.4, -0.2) is 16.1 Å². The fourth-order valence-corrected chi connectivity index (χ4v) is 1.70. The van der Waals surface area contributed by atoms with Crippen LogP contribution < -0.4 is 11.1 Å². The largest absolute Gasteiger partial charge is 0.508 e. The zero-order chi connectivity index (χ0) is 13.8. The van der Waals surface area contributed by atoms with Crippen LogP contribution in [0.4, 0.5) is 5.69 Å². The highest BCUT2D eigenvalue weighted by Gasteiger charge is 2.08. The molecule has 0 saturated heterocycles. The monoisotopic (exact) mass is 258 g/mol. The first-order chi connectivity index (χ1) is 9.06. The third-order valence-corrected chi connectivity index (χ3v) is 2.66. The molecular formula is C14H14N2O3. The molecule has 0 aliphatic rings. The topological polar surface area (TPSA) is 95.6 Å². The molecule has 0 radical (unpaired) electrons. The van der Waals surface area contributed by atoms with Gasteiger partial charge in [0.25, 0.3) is 5.91 Å². The molecule has 5 heteroatoms. The molecule has 0 fully saturated rings. The second-order valence-electron chi connectivity index (χ2n) is 4.12. The Hall–Kier alpha value is -2.69. The number of hydrogen-bond donors (Lipinski definition) is 4. The fourth-order valence-electron chi connectivity index (χ4n) is 1.70. The number of benzene rings is 2. The SMILES string of the molecule is Nc1ccccc1CNC(=O)c1cc(O)cc(O)c1. The zero-order valence-electron chi connectivity index (χ0n) is 10.1. The van der Waals surface area contributed by atoms with Crippen LogP contribution in [0.2, 0.25) is 0 Å². The lowest BCUT2D eigenvalue weighted by molar-refractivity contribution is 0.0950. The summed E-state index contributed by atoms with van der Waals surface area (Å²) < 4.78 is 0. The molecule has 0 aliphatic carbocycles. The molecule has 0 bridgehead atoms. The first-order valence-corrected chi connectivity index (χ1v) is 5.71. The molecule has 0 spiro atoms. The number of carbonyl (C=O) groups is 1. The maximum atomic E-state index is 11.9. The molecule has 0 atom stereocenters. The van der Waals surface area contributed by atoms with Gasteiger partial charge in [-0.1, -0.05) is 18.2 Å². The molecular weight excluding hydrogens is 244 g/mol. The number of aromatic hydroxyl groups is 2. The predicted molar refractivity (Wildman–Crippen MR) is 71.8 cm³/mol. The molecule has 2 rings (SSSR count). The molecule has 0 heterocycles. The van der Waals surface area contributed by atoms with Crippen LogP contribution in [0.1, 0.15) is 15.9 Å². The Morgan fingerprint density at radius 2 is 1.74 bits per heavy atom. The molecule has 19 heavy (non-hydrogen) atoms. The number of phenols is 2. The van der Waals surface area contributed by atoms with E-state index in [1.807, 2.05) is 18.2 Å². The number of rotatable bonds is 3. The van der Waals surface area contributed by atoms with Crippen molar-refractivity contribution in [2.75, 3.05) is 5.73 Å². The number of para-hydroxylation sites is 1. The fraction of sp³-hybridized carbons (Fsp3) is 0.0714. The van der Waals surface area contributed by atoms with Gasteiger partial charge in [0.1, 0.15) is 11.5 Å². The number of nitrogens with two attached hydrogens (primary N) is 1.